The van der Waals surface area contributed by atoms with Crippen molar-refractivity contribution in [1.82, 2.24) is 0 Å². The number of sulfone groups is 1. The molecule has 0 aromatic heterocycles. The molecule has 114 valence electrons. The maximum absolute atomic E-state index is 12.3. The zero-order valence-corrected chi connectivity index (χ0v) is 12.8. The highest BCUT2D eigenvalue weighted by Crippen LogP contribution is 2.16. The van der Waals surface area contributed by atoms with Gasteiger partial charge in [0.15, 0.2) is 15.6 Å². The fourth-order valence-corrected chi connectivity index (χ4v) is 3.16. The summed E-state index contributed by atoms with van der Waals surface area (Å²) in [6.07, 6.45) is 1.71. The monoisotopic (exact) mass is 315 g/mol. The molecule has 4 nitrogen and oxygen atoms in total. The SMILES string of the molecule is C=CCNc1ccc(S(=O)(=O)CC(=O)c2ccccc2)cc1. The van der Waals surface area contributed by atoms with E-state index in [4.69, 9.17) is 0 Å². The Morgan fingerprint density at radius 2 is 1.68 bits per heavy atom. The summed E-state index contributed by atoms with van der Waals surface area (Å²) in [6, 6.07) is 14.8. The van der Waals surface area contributed by atoms with Crippen molar-refractivity contribution in [1.29, 1.82) is 0 Å². The molecule has 0 saturated heterocycles. The quantitative estimate of drug-likeness (QED) is 0.630. The zero-order chi connectivity index (χ0) is 16.0. The summed E-state index contributed by atoms with van der Waals surface area (Å²) in [5.74, 6) is -0.939. The normalized spacial score (nSPS) is 10.9. The standard InChI is InChI=1S/C17H17NO3S/c1-2-12-18-15-8-10-16(11-9-15)22(20,21)13-17(19)14-6-4-3-5-7-14/h2-11,18H,1,12-13H2. The first-order valence-electron chi connectivity index (χ1n) is 6.79. The fraction of sp³-hybridized carbons (Fsp3) is 0.118. The first-order chi connectivity index (χ1) is 10.5. The van der Waals surface area contributed by atoms with Gasteiger partial charge in [0.05, 0.1) is 4.90 Å². The minimum Gasteiger partial charge on any atom is -0.382 e. The molecule has 0 aliphatic heterocycles. The van der Waals surface area contributed by atoms with Crippen molar-refractivity contribution in [2.24, 2.45) is 0 Å². The second-order valence-corrected chi connectivity index (χ2v) is 6.73. The van der Waals surface area contributed by atoms with E-state index >= 15 is 0 Å². The van der Waals surface area contributed by atoms with Crippen molar-refractivity contribution in [3.05, 3.63) is 72.8 Å². The van der Waals surface area contributed by atoms with E-state index in [2.05, 4.69) is 11.9 Å². The van der Waals surface area contributed by atoms with Crippen LogP contribution < -0.4 is 5.32 Å². The maximum Gasteiger partial charge on any atom is 0.185 e. The molecule has 2 aromatic rings. The molecule has 0 atom stereocenters. The van der Waals surface area contributed by atoms with Crippen molar-refractivity contribution in [3.63, 3.8) is 0 Å². The van der Waals surface area contributed by atoms with Gasteiger partial charge in [0, 0.05) is 17.8 Å². The van der Waals surface area contributed by atoms with Gasteiger partial charge in [-0.25, -0.2) is 8.42 Å². The molecule has 5 heteroatoms. The molecule has 0 fully saturated rings. The van der Waals surface area contributed by atoms with Crippen LogP contribution in [0, 0.1) is 0 Å². The van der Waals surface area contributed by atoms with Crippen molar-refractivity contribution >= 4 is 21.3 Å². The summed E-state index contributed by atoms with van der Waals surface area (Å²) in [6.45, 7) is 4.19. The van der Waals surface area contributed by atoms with Crippen LogP contribution in [0.5, 0.6) is 0 Å². The predicted molar refractivity (Wildman–Crippen MR) is 88.0 cm³/mol. The number of hydrogen-bond donors (Lipinski definition) is 1. The molecule has 0 aliphatic carbocycles. The maximum atomic E-state index is 12.3. The van der Waals surface area contributed by atoms with E-state index in [1.54, 1.807) is 48.5 Å². The van der Waals surface area contributed by atoms with E-state index in [9.17, 15) is 13.2 Å². The van der Waals surface area contributed by atoms with Gasteiger partial charge in [-0.05, 0) is 24.3 Å². The lowest BCUT2D eigenvalue weighted by Crippen LogP contribution is -2.16. The first-order valence-corrected chi connectivity index (χ1v) is 8.44. The fourth-order valence-electron chi connectivity index (χ4n) is 1.93. The van der Waals surface area contributed by atoms with Gasteiger partial charge in [0.1, 0.15) is 5.75 Å². The van der Waals surface area contributed by atoms with E-state index in [1.165, 1.54) is 12.1 Å². The molecular formula is C17H17NO3S. The Labute approximate surface area is 130 Å². The summed E-state index contributed by atoms with van der Waals surface area (Å²) in [4.78, 5) is 12.2. The molecule has 0 aliphatic rings. The Hall–Kier alpha value is -2.40. The Morgan fingerprint density at radius 3 is 2.27 bits per heavy atom. The molecule has 22 heavy (non-hydrogen) atoms. The summed E-state index contributed by atoms with van der Waals surface area (Å²) in [5.41, 5.74) is 1.20. The van der Waals surface area contributed by atoms with Gasteiger partial charge in [0.25, 0.3) is 0 Å². The zero-order valence-electron chi connectivity index (χ0n) is 12.0. The molecule has 0 radical (unpaired) electrons. The number of Topliss-reactive ketones (excluding diaryl/α,β-unsaturated/α-hetero) is 1. The third-order valence-electron chi connectivity index (χ3n) is 3.08. The number of carbonyl (C=O) groups is 1. The molecule has 1 N–H and O–H groups in total. The van der Waals surface area contributed by atoms with E-state index < -0.39 is 21.4 Å². The number of carbonyl (C=O) groups excluding carboxylic acids is 1. The lowest BCUT2D eigenvalue weighted by atomic mass is 10.2. The molecule has 0 saturated carbocycles. The average molecular weight is 315 g/mol. The van der Waals surface area contributed by atoms with E-state index in [0.29, 0.717) is 12.1 Å². The van der Waals surface area contributed by atoms with Crippen LogP contribution in [0.15, 0.2) is 72.1 Å². The smallest absolute Gasteiger partial charge is 0.185 e. The lowest BCUT2D eigenvalue weighted by molar-refractivity contribution is 0.102. The van der Waals surface area contributed by atoms with Gasteiger partial charge in [-0.3, -0.25) is 4.79 Å². The van der Waals surface area contributed by atoms with Gasteiger partial charge < -0.3 is 5.32 Å². The predicted octanol–water partition coefficient (Wildman–Crippen LogP) is 2.94. The van der Waals surface area contributed by atoms with Crippen molar-refractivity contribution in [3.8, 4) is 0 Å². The van der Waals surface area contributed by atoms with Crippen molar-refractivity contribution < 1.29 is 13.2 Å². The van der Waals surface area contributed by atoms with Gasteiger partial charge in [-0.15, -0.1) is 6.58 Å². The van der Waals surface area contributed by atoms with E-state index in [-0.39, 0.29) is 4.90 Å². The van der Waals surface area contributed by atoms with Gasteiger partial charge in [-0.2, -0.15) is 0 Å². The Morgan fingerprint density at radius 1 is 1.05 bits per heavy atom. The minimum atomic E-state index is -3.64. The van der Waals surface area contributed by atoms with E-state index in [1.807, 2.05) is 0 Å². The highest BCUT2D eigenvalue weighted by Gasteiger charge is 2.20. The number of nitrogens with one attached hydrogen (secondary N) is 1. The van der Waals surface area contributed by atoms with Crippen LogP contribution in [0.25, 0.3) is 0 Å². The Kier molecular flexibility index (Phi) is 5.12. The topological polar surface area (TPSA) is 63.2 Å². The van der Waals surface area contributed by atoms with Crippen LogP contribution in [0.3, 0.4) is 0 Å². The Bertz CT molecular complexity index is 750. The number of rotatable bonds is 7. The number of hydrogen-bond acceptors (Lipinski definition) is 4. The van der Waals surface area contributed by atoms with Crippen molar-refractivity contribution in [2.75, 3.05) is 17.6 Å². The third kappa shape index (κ3) is 4.05. The summed E-state index contributed by atoms with van der Waals surface area (Å²) >= 11 is 0. The summed E-state index contributed by atoms with van der Waals surface area (Å²) in [5, 5.41) is 3.06. The molecule has 0 unspecified atom stereocenters. The van der Waals surface area contributed by atoms with Crippen LogP contribution in [0.4, 0.5) is 5.69 Å². The summed E-state index contributed by atoms with van der Waals surface area (Å²) < 4.78 is 24.6. The molecule has 2 rings (SSSR count). The largest absolute Gasteiger partial charge is 0.382 e. The van der Waals surface area contributed by atoms with Crippen LogP contribution >= 0.6 is 0 Å². The number of anilines is 1. The first kappa shape index (κ1) is 16.0. The van der Waals surface area contributed by atoms with Gasteiger partial charge in [0.2, 0.25) is 0 Å². The highest BCUT2D eigenvalue weighted by molar-refractivity contribution is 7.92. The number of benzene rings is 2. The second-order valence-electron chi connectivity index (χ2n) is 4.74. The van der Waals surface area contributed by atoms with Gasteiger partial charge in [-0.1, -0.05) is 36.4 Å². The van der Waals surface area contributed by atoms with Crippen LogP contribution in [0.2, 0.25) is 0 Å². The molecule has 0 spiro atoms. The summed E-state index contributed by atoms with van der Waals surface area (Å²) in [7, 11) is -3.64. The molecule has 0 heterocycles. The molecule has 0 amide bonds. The Balaban J connectivity index is 2.13. The average Bonchev–Trinajstić information content (AvgIpc) is 2.53. The van der Waals surface area contributed by atoms with Crippen LogP contribution in [-0.2, 0) is 9.84 Å². The molecule has 0 bridgehead atoms. The highest BCUT2D eigenvalue weighted by atomic mass is 32.2. The second kappa shape index (κ2) is 7.04. The van der Waals surface area contributed by atoms with Gasteiger partial charge >= 0.3 is 0 Å². The minimum absolute atomic E-state index is 0.140. The van der Waals surface area contributed by atoms with Crippen LogP contribution in [0.1, 0.15) is 10.4 Å². The number of ketones is 1. The lowest BCUT2D eigenvalue weighted by Gasteiger charge is -2.07. The third-order valence-corrected chi connectivity index (χ3v) is 4.71. The molecule has 2 aromatic carbocycles. The van der Waals surface area contributed by atoms with Crippen LogP contribution in [-0.4, -0.2) is 26.5 Å². The van der Waals surface area contributed by atoms with E-state index in [0.717, 1.165) is 5.69 Å². The van der Waals surface area contributed by atoms with Crippen molar-refractivity contribution in [2.45, 2.75) is 4.90 Å². The molecular weight excluding hydrogens is 298 g/mol.